The molecule has 104 valence electrons. The van der Waals surface area contributed by atoms with Crippen LogP contribution in [0.25, 0.3) is 0 Å². The summed E-state index contributed by atoms with van der Waals surface area (Å²) in [7, 11) is 1.36. The molecule has 0 saturated heterocycles. The predicted octanol–water partition coefficient (Wildman–Crippen LogP) is 4.12. The quantitative estimate of drug-likeness (QED) is 0.789. The average Bonchev–Trinajstić information content (AvgIpc) is 2.46. The number of rotatable bonds is 4. The summed E-state index contributed by atoms with van der Waals surface area (Å²) >= 11 is 3.47. The van der Waals surface area contributed by atoms with E-state index in [1.165, 1.54) is 7.11 Å². The van der Waals surface area contributed by atoms with Crippen LogP contribution in [0.5, 0.6) is 5.75 Å². The molecule has 0 bridgehead atoms. The Labute approximate surface area is 126 Å². The van der Waals surface area contributed by atoms with Gasteiger partial charge >= 0.3 is 5.97 Å². The molecule has 0 spiro atoms. The van der Waals surface area contributed by atoms with Crippen molar-refractivity contribution < 1.29 is 14.3 Å². The lowest BCUT2D eigenvalue weighted by Gasteiger charge is -2.12. The summed E-state index contributed by atoms with van der Waals surface area (Å²) in [5.74, 6) is 0.133. The van der Waals surface area contributed by atoms with Crippen molar-refractivity contribution in [3.63, 3.8) is 0 Å². The van der Waals surface area contributed by atoms with Crippen LogP contribution >= 0.6 is 15.9 Å². The highest BCUT2D eigenvalue weighted by Crippen LogP contribution is 2.24. The highest BCUT2D eigenvalue weighted by Gasteiger charge is 2.13. The first-order valence-electron chi connectivity index (χ1n) is 6.17. The summed E-state index contributed by atoms with van der Waals surface area (Å²) in [6, 6.07) is 13.3. The van der Waals surface area contributed by atoms with Crippen molar-refractivity contribution in [2.75, 3.05) is 7.11 Å². The second kappa shape index (κ2) is 6.57. The van der Waals surface area contributed by atoms with Gasteiger partial charge in [0.2, 0.25) is 0 Å². The number of carbonyl (C=O) groups is 1. The fourth-order valence-electron chi connectivity index (χ4n) is 1.81. The van der Waals surface area contributed by atoms with Crippen LogP contribution in [0.15, 0.2) is 46.9 Å². The Bertz CT molecular complexity index is 623. The van der Waals surface area contributed by atoms with Crippen molar-refractivity contribution in [3.05, 3.63) is 63.6 Å². The molecule has 0 fully saturated rings. The number of esters is 1. The highest BCUT2D eigenvalue weighted by atomic mass is 79.9. The number of hydrogen-bond acceptors (Lipinski definition) is 3. The Morgan fingerprint density at radius 1 is 1.20 bits per heavy atom. The molecule has 0 aliphatic heterocycles. The van der Waals surface area contributed by atoms with Gasteiger partial charge in [0.1, 0.15) is 17.9 Å². The van der Waals surface area contributed by atoms with Gasteiger partial charge in [0.25, 0.3) is 0 Å². The van der Waals surface area contributed by atoms with Crippen LogP contribution in [-0.2, 0) is 11.3 Å². The lowest BCUT2D eigenvalue weighted by Crippen LogP contribution is -2.06. The van der Waals surface area contributed by atoms with Gasteiger partial charge in [0.05, 0.1) is 7.11 Å². The van der Waals surface area contributed by atoms with Crippen molar-refractivity contribution in [2.24, 2.45) is 0 Å². The molecular weight excluding hydrogens is 320 g/mol. The predicted molar refractivity (Wildman–Crippen MR) is 81.0 cm³/mol. The van der Waals surface area contributed by atoms with E-state index in [1.807, 2.05) is 37.3 Å². The minimum atomic E-state index is -0.393. The van der Waals surface area contributed by atoms with Crippen molar-refractivity contribution in [3.8, 4) is 5.75 Å². The van der Waals surface area contributed by atoms with E-state index in [4.69, 9.17) is 9.47 Å². The van der Waals surface area contributed by atoms with Gasteiger partial charge in [-0.15, -0.1) is 0 Å². The van der Waals surface area contributed by atoms with Crippen LogP contribution in [0, 0.1) is 6.92 Å². The zero-order valence-corrected chi connectivity index (χ0v) is 12.9. The van der Waals surface area contributed by atoms with Crippen LogP contribution in [0.1, 0.15) is 21.5 Å². The smallest absolute Gasteiger partial charge is 0.341 e. The Morgan fingerprint density at radius 3 is 2.65 bits per heavy atom. The Balaban J connectivity index is 2.21. The fourth-order valence-corrected chi connectivity index (χ4v) is 2.21. The zero-order valence-electron chi connectivity index (χ0n) is 11.4. The third-order valence-corrected chi connectivity index (χ3v) is 3.66. The Kier molecular flexibility index (Phi) is 4.79. The van der Waals surface area contributed by atoms with Crippen LogP contribution in [-0.4, -0.2) is 13.1 Å². The third kappa shape index (κ3) is 3.39. The number of hydrogen-bond donors (Lipinski definition) is 0. The molecule has 0 radical (unpaired) electrons. The number of halogens is 1. The molecule has 0 aliphatic carbocycles. The second-order valence-electron chi connectivity index (χ2n) is 4.37. The molecule has 0 unspecified atom stereocenters. The number of methoxy groups -OCH3 is 1. The van der Waals surface area contributed by atoms with Crippen LogP contribution < -0.4 is 4.74 Å². The number of aryl methyl sites for hydroxylation is 1. The van der Waals surface area contributed by atoms with Gasteiger partial charge in [-0.25, -0.2) is 4.79 Å². The summed E-state index contributed by atoms with van der Waals surface area (Å²) in [5, 5.41) is 0. The maximum Gasteiger partial charge on any atom is 0.341 e. The molecule has 0 atom stereocenters. The summed E-state index contributed by atoms with van der Waals surface area (Å²) in [4.78, 5) is 11.8. The monoisotopic (exact) mass is 334 g/mol. The van der Waals surface area contributed by atoms with Gasteiger partial charge in [0.15, 0.2) is 0 Å². The van der Waals surface area contributed by atoms with Gasteiger partial charge in [-0.05, 0) is 25.1 Å². The SMILES string of the molecule is COC(=O)c1cc(C)ccc1OCc1ccccc1Br. The summed E-state index contributed by atoms with van der Waals surface area (Å²) < 4.78 is 11.5. The van der Waals surface area contributed by atoms with Crippen molar-refractivity contribution >= 4 is 21.9 Å². The van der Waals surface area contributed by atoms with E-state index in [1.54, 1.807) is 12.1 Å². The van der Waals surface area contributed by atoms with E-state index in [0.29, 0.717) is 17.9 Å². The zero-order chi connectivity index (χ0) is 14.5. The number of benzene rings is 2. The average molecular weight is 335 g/mol. The summed E-state index contributed by atoms with van der Waals surface area (Å²) in [6.07, 6.45) is 0. The van der Waals surface area contributed by atoms with Gasteiger partial charge in [-0.1, -0.05) is 45.8 Å². The van der Waals surface area contributed by atoms with E-state index < -0.39 is 5.97 Å². The largest absolute Gasteiger partial charge is 0.488 e. The van der Waals surface area contributed by atoms with Crippen LogP contribution in [0.4, 0.5) is 0 Å². The summed E-state index contributed by atoms with van der Waals surface area (Å²) in [6.45, 7) is 2.30. The van der Waals surface area contributed by atoms with Crippen LogP contribution in [0.3, 0.4) is 0 Å². The van der Waals surface area contributed by atoms with Gasteiger partial charge in [0, 0.05) is 10.0 Å². The molecule has 0 N–H and O–H groups in total. The Hall–Kier alpha value is -1.81. The van der Waals surface area contributed by atoms with Gasteiger partial charge in [-0.2, -0.15) is 0 Å². The molecule has 0 saturated carbocycles. The normalized spacial score (nSPS) is 10.2. The minimum absolute atomic E-state index is 0.383. The highest BCUT2D eigenvalue weighted by molar-refractivity contribution is 9.10. The van der Waals surface area contributed by atoms with Crippen molar-refractivity contribution in [1.82, 2.24) is 0 Å². The lowest BCUT2D eigenvalue weighted by atomic mass is 10.1. The third-order valence-electron chi connectivity index (χ3n) is 2.88. The maximum atomic E-state index is 11.8. The molecule has 3 nitrogen and oxygen atoms in total. The first-order valence-corrected chi connectivity index (χ1v) is 6.96. The van der Waals surface area contributed by atoms with E-state index in [-0.39, 0.29) is 0 Å². The fraction of sp³-hybridized carbons (Fsp3) is 0.188. The molecule has 4 heteroatoms. The van der Waals surface area contributed by atoms with E-state index >= 15 is 0 Å². The molecule has 0 aliphatic rings. The number of carbonyl (C=O) groups excluding carboxylic acids is 1. The molecule has 2 rings (SSSR count). The van der Waals surface area contributed by atoms with Gasteiger partial charge in [-0.3, -0.25) is 0 Å². The first-order chi connectivity index (χ1) is 9.61. The van der Waals surface area contributed by atoms with Crippen molar-refractivity contribution in [1.29, 1.82) is 0 Å². The first kappa shape index (κ1) is 14.6. The van der Waals surface area contributed by atoms with E-state index in [9.17, 15) is 4.79 Å². The minimum Gasteiger partial charge on any atom is -0.488 e. The lowest BCUT2D eigenvalue weighted by molar-refractivity contribution is 0.0595. The van der Waals surface area contributed by atoms with Crippen LogP contribution in [0.2, 0.25) is 0 Å². The standard InChI is InChI=1S/C16H15BrO3/c1-11-7-8-15(13(9-11)16(18)19-2)20-10-12-5-3-4-6-14(12)17/h3-9H,10H2,1-2H3. The molecule has 0 aromatic heterocycles. The summed E-state index contributed by atoms with van der Waals surface area (Å²) in [5.41, 5.74) is 2.45. The second-order valence-corrected chi connectivity index (χ2v) is 5.23. The molecule has 20 heavy (non-hydrogen) atoms. The molecular formula is C16H15BrO3. The Morgan fingerprint density at radius 2 is 1.95 bits per heavy atom. The topological polar surface area (TPSA) is 35.5 Å². The van der Waals surface area contributed by atoms with E-state index in [2.05, 4.69) is 15.9 Å². The van der Waals surface area contributed by atoms with Crippen molar-refractivity contribution in [2.45, 2.75) is 13.5 Å². The molecule has 0 heterocycles. The number of ether oxygens (including phenoxy) is 2. The maximum absolute atomic E-state index is 11.8. The molecule has 0 amide bonds. The van der Waals surface area contributed by atoms with E-state index in [0.717, 1.165) is 15.6 Å². The molecule has 2 aromatic rings. The van der Waals surface area contributed by atoms with Gasteiger partial charge < -0.3 is 9.47 Å². The molecule has 2 aromatic carbocycles.